The smallest absolute Gasteiger partial charge is 0.0406 e. The minimum Gasteiger partial charge on any atom is -0.303 e. The van der Waals surface area contributed by atoms with Crippen LogP contribution in [0.3, 0.4) is 0 Å². The summed E-state index contributed by atoms with van der Waals surface area (Å²) in [6.07, 6.45) is 2.25. The lowest BCUT2D eigenvalue weighted by atomic mass is 9.99. The van der Waals surface area contributed by atoms with E-state index >= 15 is 0 Å². The summed E-state index contributed by atoms with van der Waals surface area (Å²) in [6, 6.07) is 17.1. The standard InChI is InChI=1S/C18H21BrClN/c1-3-6-18(14-9-11-15(20)12-10-14)21-13(2)16-7-4-5-8-17(16)19/h4-5,7-13,18,21H,3,6H2,1-2H3. The quantitative estimate of drug-likeness (QED) is 0.633. The predicted molar refractivity (Wildman–Crippen MR) is 94.8 cm³/mol. The lowest BCUT2D eigenvalue weighted by molar-refractivity contribution is 0.439. The molecule has 112 valence electrons. The number of rotatable bonds is 6. The van der Waals surface area contributed by atoms with Gasteiger partial charge in [-0.15, -0.1) is 0 Å². The van der Waals surface area contributed by atoms with Gasteiger partial charge in [-0.1, -0.05) is 71.2 Å². The van der Waals surface area contributed by atoms with Crippen LogP contribution in [-0.4, -0.2) is 0 Å². The number of hydrogen-bond donors (Lipinski definition) is 1. The molecule has 0 saturated heterocycles. The van der Waals surface area contributed by atoms with E-state index in [2.05, 4.69) is 65.4 Å². The largest absolute Gasteiger partial charge is 0.303 e. The summed E-state index contributed by atoms with van der Waals surface area (Å²) in [7, 11) is 0. The summed E-state index contributed by atoms with van der Waals surface area (Å²) < 4.78 is 1.15. The molecule has 3 heteroatoms. The molecule has 1 nitrogen and oxygen atoms in total. The summed E-state index contributed by atoms with van der Waals surface area (Å²) in [5.41, 5.74) is 2.58. The molecule has 2 aromatic carbocycles. The van der Waals surface area contributed by atoms with E-state index in [0.29, 0.717) is 6.04 Å². The van der Waals surface area contributed by atoms with Gasteiger partial charge in [-0.3, -0.25) is 0 Å². The first-order valence-electron chi connectivity index (χ1n) is 7.37. The zero-order valence-electron chi connectivity index (χ0n) is 12.4. The maximum atomic E-state index is 5.99. The fraction of sp³-hybridized carbons (Fsp3) is 0.333. The van der Waals surface area contributed by atoms with Gasteiger partial charge in [0.05, 0.1) is 0 Å². The Labute approximate surface area is 140 Å². The fourth-order valence-corrected chi connectivity index (χ4v) is 3.30. The van der Waals surface area contributed by atoms with Gasteiger partial charge in [0.15, 0.2) is 0 Å². The van der Waals surface area contributed by atoms with Crippen LogP contribution in [0.25, 0.3) is 0 Å². The molecule has 0 spiro atoms. The van der Waals surface area contributed by atoms with Crippen LogP contribution in [-0.2, 0) is 0 Å². The lowest BCUT2D eigenvalue weighted by Gasteiger charge is -2.24. The molecule has 2 rings (SSSR count). The summed E-state index contributed by atoms with van der Waals surface area (Å²) >= 11 is 9.62. The second kappa shape index (κ2) is 7.98. The van der Waals surface area contributed by atoms with Gasteiger partial charge in [0.25, 0.3) is 0 Å². The Bertz CT molecular complexity index is 568. The molecule has 0 aromatic heterocycles. The molecule has 0 fully saturated rings. The third-order valence-corrected chi connectivity index (χ3v) is 4.65. The van der Waals surface area contributed by atoms with Crippen molar-refractivity contribution in [1.29, 1.82) is 0 Å². The van der Waals surface area contributed by atoms with Gasteiger partial charge in [-0.25, -0.2) is 0 Å². The van der Waals surface area contributed by atoms with Crippen molar-refractivity contribution in [3.63, 3.8) is 0 Å². The molecule has 0 heterocycles. The van der Waals surface area contributed by atoms with Gasteiger partial charge in [0, 0.05) is 21.6 Å². The number of hydrogen-bond acceptors (Lipinski definition) is 1. The first-order chi connectivity index (χ1) is 10.1. The van der Waals surface area contributed by atoms with Crippen LogP contribution < -0.4 is 5.32 Å². The van der Waals surface area contributed by atoms with Gasteiger partial charge in [-0.05, 0) is 42.7 Å². The van der Waals surface area contributed by atoms with Crippen molar-refractivity contribution in [2.24, 2.45) is 0 Å². The van der Waals surface area contributed by atoms with E-state index in [1.807, 2.05) is 18.2 Å². The van der Waals surface area contributed by atoms with Crippen molar-refractivity contribution in [1.82, 2.24) is 5.32 Å². The third kappa shape index (κ3) is 4.57. The van der Waals surface area contributed by atoms with Crippen molar-refractivity contribution in [3.8, 4) is 0 Å². The molecule has 2 atom stereocenters. The summed E-state index contributed by atoms with van der Waals surface area (Å²) in [5, 5.41) is 4.52. The van der Waals surface area contributed by atoms with Gasteiger partial charge in [-0.2, -0.15) is 0 Å². The summed E-state index contributed by atoms with van der Waals surface area (Å²) in [5.74, 6) is 0. The molecule has 21 heavy (non-hydrogen) atoms. The Morgan fingerprint density at radius 2 is 1.76 bits per heavy atom. The maximum Gasteiger partial charge on any atom is 0.0406 e. The van der Waals surface area contributed by atoms with E-state index in [1.165, 1.54) is 11.1 Å². The Kier molecular flexibility index (Phi) is 6.28. The molecule has 0 aliphatic heterocycles. The topological polar surface area (TPSA) is 12.0 Å². The Morgan fingerprint density at radius 1 is 1.10 bits per heavy atom. The van der Waals surface area contributed by atoms with Gasteiger partial charge < -0.3 is 5.32 Å². The van der Waals surface area contributed by atoms with E-state index < -0.39 is 0 Å². The SMILES string of the molecule is CCCC(NC(C)c1ccccc1Br)c1ccc(Cl)cc1. The number of halogens is 2. The Morgan fingerprint density at radius 3 is 2.38 bits per heavy atom. The van der Waals surface area contributed by atoms with Crippen molar-refractivity contribution in [3.05, 3.63) is 69.2 Å². The highest BCUT2D eigenvalue weighted by atomic mass is 79.9. The second-order valence-corrected chi connectivity index (χ2v) is 6.59. The van der Waals surface area contributed by atoms with E-state index in [-0.39, 0.29) is 6.04 Å². The molecule has 0 saturated carbocycles. The van der Waals surface area contributed by atoms with Crippen molar-refractivity contribution >= 4 is 27.5 Å². The Balaban J connectivity index is 2.16. The van der Waals surface area contributed by atoms with Crippen molar-refractivity contribution < 1.29 is 0 Å². The molecule has 0 aliphatic carbocycles. The fourth-order valence-electron chi connectivity index (χ4n) is 2.55. The van der Waals surface area contributed by atoms with E-state index in [1.54, 1.807) is 0 Å². The molecule has 0 radical (unpaired) electrons. The zero-order valence-corrected chi connectivity index (χ0v) is 14.8. The van der Waals surface area contributed by atoms with Crippen LogP contribution in [0.2, 0.25) is 5.02 Å². The van der Waals surface area contributed by atoms with Crippen LogP contribution in [0.1, 0.15) is 49.9 Å². The number of nitrogens with one attached hydrogen (secondary N) is 1. The normalized spacial score (nSPS) is 13.9. The molecule has 0 amide bonds. The molecule has 0 aliphatic rings. The predicted octanol–water partition coefficient (Wildman–Crippen LogP) is 6.29. The molecule has 2 aromatic rings. The monoisotopic (exact) mass is 365 g/mol. The van der Waals surface area contributed by atoms with Crippen LogP contribution in [0, 0.1) is 0 Å². The van der Waals surface area contributed by atoms with Crippen molar-refractivity contribution in [2.45, 2.75) is 38.8 Å². The highest BCUT2D eigenvalue weighted by Gasteiger charge is 2.16. The minimum atomic E-state index is 0.285. The minimum absolute atomic E-state index is 0.285. The summed E-state index contributed by atoms with van der Waals surface area (Å²) in [4.78, 5) is 0. The third-order valence-electron chi connectivity index (χ3n) is 3.67. The number of benzene rings is 2. The first-order valence-corrected chi connectivity index (χ1v) is 8.55. The van der Waals surface area contributed by atoms with Gasteiger partial charge >= 0.3 is 0 Å². The first kappa shape index (κ1) is 16.5. The van der Waals surface area contributed by atoms with Gasteiger partial charge in [0.2, 0.25) is 0 Å². The van der Waals surface area contributed by atoms with Crippen molar-refractivity contribution in [2.75, 3.05) is 0 Å². The van der Waals surface area contributed by atoms with E-state index in [0.717, 1.165) is 22.3 Å². The zero-order chi connectivity index (χ0) is 15.2. The van der Waals surface area contributed by atoms with Crippen LogP contribution in [0.4, 0.5) is 0 Å². The molecule has 1 N–H and O–H groups in total. The van der Waals surface area contributed by atoms with Gasteiger partial charge in [0.1, 0.15) is 0 Å². The second-order valence-electron chi connectivity index (χ2n) is 5.30. The van der Waals surface area contributed by atoms with Crippen LogP contribution >= 0.6 is 27.5 Å². The molecular formula is C18H21BrClN. The lowest BCUT2D eigenvalue weighted by Crippen LogP contribution is -2.25. The average Bonchev–Trinajstić information content (AvgIpc) is 2.48. The van der Waals surface area contributed by atoms with Crippen LogP contribution in [0.5, 0.6) is 0 Å². The van der Waals surface area contributed by atoms with E-state index in [9.17, 15) is 0 Å². The average molecular weight is 367 g/mol. The highest BCUT2D eigenvalue weighted by Crippen LogP contribution is 2.28. The molecular weight excluding hydrogens is 346 g/mol. The highest BCUT2D eigenvalue weighted by molar-refractivity contribution is 9.10. The summed E-state index contributed by atoms with van der Waals surface area (Å²) in [6.45, 7) is 4.42. The van der Waals surface area contributed by atoms with E-state index in [4.69, 9.17) is 11.6 Å². The van der Waals surface area contributed by atoms with Crippen LogP contribution in [0.15, 0.2) is 53.0 Å². The Hall–Kier alpha value is -0.830. The molecule has 0 bridgehead atoms. The molecule has 2 unspecified atom stereocenters. The maximum absolute atomic E-state index is 5.99.